The fraction of sp³-hybridized carbons (Fsp3) is 0.316. The van der Waals surface area contributed by atoms with Crippen LogP contribution in [0.15, 0.2) is 48.5 Å². The molecule has 2 rings (SSSR count). The number of amides is 1. The smallest absolute Gasteiger partial charge is 0.263 e. The Labute approximate surface area is 142 Å². The molecule has 0 aliphatic heterocycles. The van der Waals surface area contributed by atoms with Crippen molar-refractivity contribution in [2.75, 3.05) is 21.3 Å². The summed E-state index contributed by atoms with van der Waals surface area (Å²) in [6.07, 6.45) is -0.600. The Kier molecular flexibility index (Phi) is 6.07. The SMILES string of the molecule is COc1cccc(O[C@@H](C)C(=O)N(C)Cc2ccccc2OC)c1. The van der Waals surface area contributed by atoms with Crippen molar-refractivity contribution in [2.24, 2.45) is 0 Å². The van der Waals surface area contributed by atoms with Crippen LogP contribution in [0.3, 0.4) is 0 Å². The summed E-state index contributed by atoms with van der Waals surface area (Å²) < 4.78 is 16.2. The van der Waals surface area contributed by atoms with Crippen molar-refractivity contribution in [3.05, 3.63) is 54.1 Å². The van der Waals surface area contributed by atoms with Crippen LogP contribution in [-0.4, -0.2) is 38.2 Å². The number of nitrogens with zero attached hydrogens (tertiary/aromatic N) is 1. The maximum Gasteiger partial charge on any atom is 0.263 e. The number of carbonyl (C=O) groups excluding carboxylic acids is 1. The number of carbonyl (C=O) groups is 1. The standard InChI is InChI=1S/C19H23NO4/c1-14(24-17-10-7-9-16(12-17)22-3)19(21)20(2)13-15-8-5-6-11-18(15)23-4/h5-12,14H,13H2,1-4H3/t14-/m0/s1. The zero-order valence-corrected chi connectivity index (χ0v) is 14.5. The molecule has 0 N–H and O–H groups in total. The van der Waals surface area contributed by atoms with E-state index in [2.05, 4.69) is 0 Å². The highest BCUT2D eigenvalue weighted by Crippen LogP contribution is 2.22. The average molecular weight is 329 g/mol. The minimum atomic E-state index is -0.600. The largest absolute Gasteiger partial charge is 0.497 e. The lowest BCUT2D eigenvalue weighted by Crippen LogP contribution is -2.37. The topological polar surface area (TPSA) is 48.0 Å². The minimum Gasteiger partial charge on any atom is -0.497 e. The summed E-state index contributed by atoms with van der Waals surface area (Å²) in [5, 5.41) is 0. The second-order valence-electron chi connectivity index (χ2n) is 5.45. The third kappa shape index (κ3) is 4.41. The molecule has 0 aliphatic carbocycles. The van der Waals surface area contributed by atoms with Crippen molar-refractivity contribution in [1.82, 2.24) is 4.90 Å². The molecule has 0 unspecified atom stereocenters. The molecule has 2 aromatic carbocycles. The molecule has 0 radical (unpaired) electrons. The summed E-state index contributed by atoms with van der Waals surface area (Å²) in [6.45, 7) is 2.19. The van der Waals surface area contributed by atoms with Gasteiger partial charge in [0.05, 0.1) is 14.2 Å². The van der Waals surface area contributed by atoms with Gasteiger partial charge in [-0.05, 0) is 25.1 Å². The Morgan fingerprint density at radius 3 is 2.46 bits per heavy atom. The van der Waals surface area contributed by atoms with E-state index in [0.29, 0.717) is 18.0 Å². The predicted octanol–water partition coefficient (Wildman–Crippen LogP) is 3.13. The molecule has 1 amide bonds. The third-order valence-corrected chi connectivity index (χ3v) is 3.68. The van der Waals surface area contributed by atoms with Crippen LogP contribution in [0.4, 0.5) is 0 Å². The Hall–Kier alpha value is -2.69. The third-order valence-electron chi connectivity index (χ3n) is 3.68. The van der Waals surface area contributed by atoms with Crippen LogP contribution in [0.5, 0.6) is 17.2 Å². The summed E-state index contributed by atoms with van der Waals surface area (Å²) in [4.78, 5) is 14.2. The number of ether oxygens (including phenoxy) is 3. The minimum absolute atomic E-state index is 0.108. The molecule has 0 heterocycles. The van der Waals surface area contributed by atoms with Crippen molar-refractivity contribution in [3.63, 3.8) is 0 Å². The first kappa shape index (κ1) is 17.7. The molecule has 0 spiro atoms. The van der Waals surface area contributed by atoms with Crippen LogP contribution in [0.1, 0.15) is 12.5 Å². The lowest BCUT2D eigenvalue weighted by atomic mass is 10.2. The quantitative estimate of drug-likeness (QED) is 0.783. The van der Waals surface area contributed by atoms with Crippen LogP contribution in [0, 0.1) is 0 Å². The summed E-state index contributed by atoms with van der Waals surface area (Å²) >= 11 is 0. The van der Waals surface area contributed by atoms with E-state index in [0.717, 1.165) is 11.3 Å². The van der Waals surface area contributed by atoms with Crippen molar-refractivity contribution in [3.8, 4) is 17.2 Å². The van der Waals surface area contributed by atoms with E-state index in [4.69, 9.17) is 14.2 Å². The van der Waals surface area contributed by atoms with Crippen molar-refractivity contribution in [2.45, 2.75) is 19.6 Å². The van der Waals surface area contributed by atoms with E-state index in [1.807, 2.05) is 36.4 Å². The van der Waals surface area contributed by atoms with Gasteiger partial charge in [0, 0.05) is 25.2 Å². The zero-order valence-electron chi connectivity index (χ0n) is 14.5. The van der Waals surface area contributed by atoms with Gasteiger partial charge >= 0.3 is 0 Å². The normalized spacial score (nSPS) is 11.5. The number of methoxy groups -OCH3 is 2. The fourth-order valence-corrected chi connectivity index (χ4v) is 2.41. The first-order chi connectivity index (χ1) is 11.5. The van der Waals surface area contributed by atoms with E-state index in [1.54, 1.807) is 45.2 Å². The molecule has 0 fully saturated rings. The highest BCUT2D eigenvalue weighted by Gasteiger charge is 2.20. The highest BCUT2D eigenvalue weighted by molar-refractivity contribution is 5.80. The molecule has 128 valence electrons. The van der Waals surface area contributed by atoms with Gasteiger partial charge in [0.1, 0.15) is 17.2 Å². The van der Waals surface area contributed by atoms with Gasteiger partial charge in [-0.25, -0.2) is 0 Å². The van der Waals surface area contributed by atoms with Crippen LogP contribution < -0.4 is 14.2 Å². The zero-order chi connectivity index (χ0) is 17.5. The number of hydrogen-bond acceptors (Lipinski definition) is 4. The molecule has 0 saturated heterocycles. The number of rotatable bonds is 7. The maximum atomic E-state index is 12.5. The van der Waals surface area contributed by atoms with E-state index in [-0.39, 0.29) is 5.91 Å². The van der Waals surface area contributed by atoms with E-state index in [1.165, 1.54) is 0 Å². The number of benzene rings is 2. The molecule has 1 atom stereocenters. The predicted molar refractivity (Wildman–Crippen MR) is 92.6 cm³/mol. The van der Waals surface area contributed by atoms with Crippen molar-refractivity contribution < 1.29 is 19.0 Å². The second kappa shape index (κ2) is 8.24. The molecular formula is C19H23NO4. The van der Waals surface area contributed by atoms with Crippen molar-refractivity contribution >= 4 is 5.91 Å². The lowest BCUT2D eigenvalue weighted by molar-refractivity contribution is -0.137. The Morgan fingerprint density at radius 2 is 1.75 bits per heavy atom. The first-order valence-corrected chi connectivity index (χ1v) is 7.72. The van der Waals surface area contributed by atoms with Gasteiger partial charge in [0.2, 0.25) is 0 Å². The van der Waals surface area contributed by atoms with Gasteiger partial charge in [-0.15, -0.1) is 0 Å². The number of para-hydroxylation sites is 1. The second-order valence-corrected chi connectivity index (χ2v) is 5.45. The molecule has 5 nitrogen and oxygen atoms in total. The Balaban J connectivity index is 2.01. The van der Waals surface area contributed by atoms with E-state index < -0.39 is 6.10 Å². The molecule has 0 aliphatic rings. The average Bonchev–Trinajstić information content (AvgIpc) is 2.61. The van der Waals surface area contributed by atoms with Gasteiger partial charge in [-0.3, -0.25) is 4.79 Å². The fourth-order valence-electron chi connectivity index (χ4n) is 2.41. The number of likely N-dealkylation sites (N-methyl/N-ethyl adjacent to an activating group) is 1. The summed E-state index contributed by atoms with van der Waals surface area (Å²) in [5.41, 5.74) is 0.949. The Morgan fingerprint density at radius 1 is 1.04 bits per heavy atom. The van der Waals surface area contributed by atoms with Crippen LogP contribution in [0.25, 0.3) is 0 Å². The van der Waals surface area contributed by atoms with Crippen LogP contribution in [0.2, 0.25) is 0 Å². The van der Waals surface area contributed by atoms with Gasteiger partial charge in [0.25, 0.3) is 5.91 Å². The highest BCUT2D eigenvalue weighted by atomic mass is 16.5. The summed E-state index contributed by atoms with van der Waals surface area (Å²) in [5.74, 6) is 1.94. The maximum absolute atomic E-state index is 12.5. The molecule has 0 aromatic heterocycles. The Bertz CT molecular complexity index is 687. The summed E-state index contributed by atoms with van der Waals surface area (Å²) in [6, 6.07) is 14.8. The molecular weight excluding hydrogens is 306 g/mol. The van der Waals surface area contributed by atoms with E-state index >= 15 is 0 Å². The van der Waals surface area contributed by atoms with Gasteiger partial charge in [-0.1, -0.05) is 24.3 Å². The van der Waals surface area contributed by atoms with Gasteiger partial charge < -0.3 is 19.1 Å². The van der Waals surface area contributed by atoms with Gasteiger partial charge in [-0.2, -0.15) is 0 Å². The molecule has 2 aromatic rings. The monoisotopic (exact) mass is 329 g/mol. The molecule has 0 saturated carbocycles. The number of hydrogen-bond donors (Lipinski definition) is 0. The van der Waals surface area contributed by atoms with Crippen LogP contribution >= 0.6 is 0 Å². The van der Waals surface area contributed by atoms with Gasteiger partial charge in [0.15, 0.2) is 6.10 Å². The molecule has 5 heteroatoms. The van der Waals surface area contributed by atoms with Crippen LogP contribution in [-0.2, 0) is 11.3 Å². The molecule has 24 heavy (non-hydrogen) atoms. The van der Waals surface area contributed by atoms with E-state index in [9.17, 15) is 4.79 Å². The van der Waals surface area contributed by atoms with Crippen molar-refractivity contribution in [1.29, 1.82) is 0 Å². The lowest BCUT2D eigenvalue weighted by Gasteiger charge is -2.23. The summed E-state index contributed by atoms with van der Waals surface area (Å²) in [7, 11) is 4.96. The molecule has 0 bridgehead atoms. The first-order valence-electron chi connectivity index (χ1n) is 7.72.